The van der Waals surface area contributed by atoms with Crippen LogP contribution < -0.4 is 10.1 Å². The average Bonchev–Trinajstić information content (AvgIpc) is 3.15. The lowest BCUT2D eigenvalue weighted by Crippen LogP contribution is -2.47. The van der Waals surface area contributed by atoms with Gasteiger partial charge in [0.2, 0.25) is 0 Å². The summed E-state index contributed by atoms with van der Waals surface area (Å²) in [5.74, 6) is 0.522. The first-order valence-corrected chi connectivity index (χ1v) is 10.8. The fourth-order valence-corrected chi connectivity index (χ4v) is 4.56. The normalized spacial score (nSPS) is 20.2. The van der Waals surface area contributed by atoms with Gasteiger partial charge in [0.15, 0.2) is 11.3 Å². The largest absolute Gasteiger partial charge is 0.493 e. The van der Waals surface area contributed by atoms with Crippen molar-refractivity contribution in [3.8, 4) is 5.75 Å². The van der Waals surface area contributed by atoms with Crippen LogP contribution in [-0.2, 0) is 16.9 Å². The Kier molecular flexibility index (Phi) is 5.37. The molecule has 1 N–H and O–H groups in total. The molecule has 2 aromatic rings. The van der Waals surface area contributed by atoms with Crippen molar-refractivity contribution in [3.63, 3.8) is 0 Å². The lowest BCUT2D eigenvalue weighted by molar-refractivity contribution is -0.132. The van der Waals surface area contributed by atoms with E-state index >= 15 is 0 Å². The number of ether oxygens (including phenoxy) is 1. The zero-order valence-electron chi connectivity index (χ0n) is 18.5. The molecule has 0 radical (unpaired) electrons. The average molecular weight is 424 g/mol. The summed E-state index contributed by atoms with van der Waals surface area (Å²) in [7, 11) is 0. The summed E-state index contributed by atoms with van der Waals surface area (Å²) < 4.78 is 7.79. The third-order valence-corrected chi connectivity index (χ3v) is 6.36. The van der Waals surface area contributed by atoms with Gasteiger partial charge in [0.25, 0.3) is 5.91 Å². The summed E-state index contributed by atoms with van der Waals surface area (Å²) in [5, 5.41) is 2.85. The first-order chi connectivity index (χ1) is 14.7. The molecule has 31 heavy (non-hydrogen) atoms. The number of carbonyl (C=O) groups is 3. The number of aryl methyl sites for hydroxylation is 1. The number of ketones is 1. The van der Waals surface area contributed by atoms with Crippen LogP contribution in [0, 0.1) is 19.8 Å². The fraction of sp³-hybridized carbons (Fsp3) is 0.458. The van der Waals surface area contributed by atoms with E-state index in [2.05, 4.69) is 23.7 Å². The van der Waals surface area contributed by atoms with E-state index in [0.29, 0.717) is 35.8 Å². The standard InChI is InChI=1S/C24H29N3O4/c1-15(2)9-11-26-16(3)13-18(17(26)4)20(28)14-27-22(29)24(25-23(27)30)10-12-31-21-8-6-5-7-19(21)24/h5-8,13,15H,9-12,14H2,1-4H3,(H,25,30). The summed E-state index contributed by atoms with van der Waals surface area (Å²) >= 11 is 0. The van der Waals surface area contributed by atoms with Crippen LogP contribution >= 0.6 is 0 Å². The minimum Gasteiger partial charge on any atom is -0.493 e. The number of imide groups is 1. The molecule has 1 aromatic carbocycles. The molecule has 3 amide bonds. The van der Waals surface area contributed by atoms with E-state index < -0.39 is 17.5 Å². The van der Waals surface area contributed by atoms with Gasteiger partial charge >= 0.3 is 6.03 Å². The number of hydrogen-bond donors (Lipinski definition) is 1. The van der Waals surface area contributed by atoms with Crippen molar-refractivity contribution in [2.45, 2.75) is 52.6 Å². The summed E-state index contributed by atoms with van der Waals surface area (Å²) in [6.45, 7) is 9.12. The molecule has 164 valence electrons. The number of nitrogens with zero attached hydrogens (tertiary/aromatic N) is 2. The molecule has 2 aliphatic rings. The Hall–Kier alpha value is -3.09. The number of aromatic nitrogens is 1. The van der Waals surface area contributed by atoms with Gasteiger partial charge in [-0.3, -0.25) is 14.5 Å². The van der Waals surface area contributed by atoms with E-state index in [4.69, 9.17) is 4.74 Å². The third-order valence-electron chi connectivity index (χ3n) is 6.36. The molecule has 1 saturated heterocycles. The van der Waals surface area contributed by atoms with Crippen molar-refractivity contribution in [1.29, 1.82) is 0 Å². The highest BCUT2D eigenvalue weighted by molar-refractivity contribution is 6.12. The quantitative estimate of drug-likeness (QED) is 0.569. The lowest BCUT2D eigenvalue weighted by Gasteiger charge is -2.33. The maximum Gasteiger partial charge on any atom is 0.325 e. The van der Waals surface area contributed by atoms with Gasteiger partial charge in [0, 0.05) is 35.5 Å². The second-order valence-corrected chi connectivity index (χ2v) is 8.86. The van der Waals surface area contributed by atoms with Crippen molar-refractivity contribution in [2.75, 3.05) is 13.2 Å². The molecule has 0 aliphatic carbocycles. The van der Waals surface area contributed by atoms with E-state index in [9.17, 15) is 14.4 Å². The Morgan fingerprint density at radius 2 is 1.97 bits per heavy atom. The van der Waals surface area contributed by atoms with E-state index in [0.717, 1.165) is 29.3 Å². The number of para-hydroxylation sites is 1. The summed E-state index contributed by atoms with van der Waals surface area (Å²) in [6, 6.07) is 8.54. The molecule has 4 rings (SSSR count). The minimum absolute atomic E-state index is 0.232. The minimum atomic E-state index is -1.17. The molecule has 3 heterocycles. The van der Waals surface area contributed by atoms with E-state index in [1.165, 1.54) is 0 Å². The Balaban J connectivity index is 1.57. The number of benzene rings is 1. The summed E-state index contributed by atoms with van der Waals surface area (Å²) in [5.41, 5.74) is 1.92. The van der Waals surface area contributed by atoms with Crippen LogP contribution in [0.4, 0.5) is 4.79 Å². The lowest BCUT2D eigenvalue weighted by atomic mass is 9.84. The van der Waals surface area contributed by atoms with Crippen molar-refractivity contribution < 1.29 is 19.1 Å². The van der Waals surface area contributed by atoms with E-state index in [1.807, 2.05) is 32.0 Å². The smallest absolute Gasteiger partial charge is 0.325 e. The van der Waals surface area contributed by atoms with Crippen LogP contribution in [-0.4, -0.2) is 40.3 Å². The highest BCUT2D eigenvalue weighted by atomic mass is 16.5. The Morgan fingerprint density at radius 1 is 1.23 bits per heavy atom. The van der Waals surface area contributed by atoms with Gasteiger partial charge in [0.1, 0.15) is 5.75 Å². The molecule has 1 aromatic heterocycles. The summed E-state index contributed by atoms with van der Waals surface area (Å²) in [4.78, 5) is 40.3. The molecule has 7 heteroatoms. The molecule has 1 spiro atoms. The van der Waals surface area contributed by atoms with Crippen molar-refractivity contribution in [2.24, 2.45) is 5.92 Å². The number of urea groups is 1. The van der Waals surface area contributed by atoms with Crippen LogP contribution in [0.25, 0.3) is 0 Å². The maximum absolute atomic E-state index is 13.4. The molecule has 1 atom stereocenters. The van der Waals surface area contributed by atoms with Gasteiger partial charge < -0.3 is 14.6 Å². The highest BCUT2D eigenvalue weighted by Gasteiger charge is 2.55. The molecule has 0 saturated carbocycles. The first kappa shape index (κ1) is 21.2. The van der Waals surface area contributed by atoms with Crippen LogP contribution in [0.15, 0.2) is 30.3 Å². The first-order valence-electron chi connectivity index (χ1n) is 10.8. The van der Waals surface area contributed by atoms with Gasteiger partial charge in [-0.25, -0.2) is 4.79 Å². The van der Waals surface area contributed by atoms with E-state index in [1.54, 1.807) is 12.1 Å². The monoisotopic (exact) mass is 423 g/mol. The number of carbonyl (C=O) groups excluding carboxylic acids is 3. The summed E-state index contributed by atoms with van der Waals surface area (Å²) in [6.07, 6.45) is 1.35. The second-order valence-electron chi connectivity index (χ2n) is 8.86. The predicted octanol–water partition coefficient (Wildman–Crippen LogP) is 3.56. The van der Waals surface area contributed by atoms with Crippen LogP contribution in [0.5, 0.6) is 5.75 Å². The van der Waals surface area contributed by atoms with Crippen LogP contribution in [0.1, 0.15) is 54.0 Å². The molecule has 0 bridgehead atoms. The SMILES string of the molecule is Cc1cc(C(=O)CN2C(=O)NC3(CCOc4ccccc43)C2=O)c(C)n1CCC(C)C. The number of nitrogens with one attached hydrogen (secondary N) is 1. The molecular weight excluding hydrogens is 394 g/mol. The number of Topliss-reactive ketones (excluding diaryl/α,β-unsaturated/α-hetero) is 1. The molecule has 1 unspecified atom stereocenters. The molecule has 2 aliphatic heterocycles. The second kappa shape index (κ2) is 7.87. The topological polar surface area (TPSA) is 80.6 Å². The van der Waals surface area contributed by atoms with E-state index in [-0.39, 0.29) is 12.3 Å². The zero-order valence-corrected chi connectivity index (χ0v) is 18.5. The number of fused-ring (bicyclic) bond motifs is 2. The Bertz CT molecular complexity index is 1060. The fourth-order valence-electron chi connectivity index (χ4n) is 4.56. The molecular formula is C24H29N3O4. The zero-order chi connectivity index (χ0) is 22.3. The van der Waals surface area contributed by atoms with Crippen LogP contribution in [0.2, 0.25) is 0 Å². The van der Waals surface area contributed by atoms with Gasteiger partial charge in [-0.15, -0.1) is 0 Å². The predicted molar refractivity (Wildman–Crippen MR) is 116 cm³/mol. The molecule has 7 nitrogen and oxygen atoms in total. The molecule has 1 fully saturated rings. The van der Waals surface area contributed by atoms with Gasteiger partial charge in [-0.05, 0) is 38.3 Å². The highest BCUT2D eigenvalue weighted by Crippen LogP contribution is 2.41. The maximum atomic E-state index is 13.4. The number of amides is 3. The Morgan fingerprint density at radius 3 is 2.71 bits per heavy atom. The van der Waals surface area contributed by atoms with Crippen LogP contribution in [0.3, 0.4) is 0 Å². The van der Waals surface area contributed by atoms with Crippen molar-refractivity contribution in [3.05, 3.63) is 52.8 Å². The van der Waals surface area contributed by atoms with Gasteiger partial charge in [-0.1, -0.05) is 32.0 Å². The van der Waals surface area contributed by atoms with Gasteiger partial charge in [0.05, 0.1) is 13.2 Å². The third kappa shape index (κ3) is 3.52. The number of hydrogen-bond acceptors (Lipinski definition) is 4. The van der Waals surface area contributed by atoms with Crippen molar-refractivity contribution in [1.82, 2.24) is 14.8 Å². The van der Waals surface area contributed by atoms with Crippen molar-refractivity contribution >= 4 is 17.7 Å². The number of rotatable bonds is 6. The van der Waals surface area contributed by atoms with Gasteiger partial charge in [-0.2, -0.15) is 0 Å². The Labute approximate surface area is 182 Å².